The highest BCUT2D eigenvalue weighted by Crippen LogP contribution is 2.18. The fourth-order valence-corrected chi connectivity index (χ4v) is 8.51. The molecule has 0 heterocycles. The van der Waals surface area contributed by atoms with Gasteiger partial charge in [0, 0.05) is 25.7 Å². The highest BCUT2D eigenvalue weighted by atomic mass is 16.1. The van der Waals surface area contributed by atoms with E-state index in [1.165, 1.54) is 217 Å². The van der Waals surface area contributed by atoms with Crippen LogP contribution in [0.4, 0.5) is 0 Å². The van der Waals surface area contributed by atoms with Crippen LogP contribution in [-0.4, -0.2) is 11.6 Å². The molecule has 2 aromatic rings. The van der Waals surface area contributed by atoms with Crippen LogP contribution in [0.3, 0.4) is 0 Å². The summed E-state index contributed by atoms with van der Waals surface area (Å²) < 4.78 is 0. The van der Waals surface area contributed by atoms with Gasteiger partial charge >= 0.3 is 0 Å². The van der Waals surface area contributed by atoms with Crippen LogP contribution in [0.5, 0.6) is 0 Å². The molecule has 0 spiro atoms. The summed E-state index contributed by atoms with van der Waals surface area (Å²) in [6.07, 6.45) is 49.9. The van der Waals surface area contributed by atoms with Crippen LogP contribution in [0.25, 0.3) is 0 Å². The van der Waals surface area contributed by atoms with Gasteiger partial charge in [0.15, 0.2) is 0 Å². The fraction of sp³-hybridized carbons (Fsp3) is 0.745. The average Bonchev–Trinajstić information content (AvgIpc) is 3.21. The van der Waals surface area contributed by atoms with Gasteiger partial charge in [-0.2, -0.15) is 0 Å². The molecule has 2 rings (SSSR count). The summed E-state index contributed by atoms with van der Waals surface area (Å²) in [5, 5.41) is 0. The average molecular weight is 785 g/mol. The normalized spacial score (nSPS) is 11.4. The van der Waals surface area contributed by atoms with E-state index in [1.807, 2.05) is 0 Å². The molecule has 0 saturated carbocycles. The number of carbonyl (C=O) groups is 2. The summed E-state index contributed by atoms with van der Waals surface area (Å²) in [5.74, 6) is 0.748. The molecule has 0 fully saturated rings. The number of carbonyl (C=O) groups excluding carboxylic acids is 2. The second kappa shape index (κ2) is 38.0. The lowest BCUT2D eigenvalue weighted by molar-refractivity contribution is -0.119. The summed E-state index contributed by atoms with van der Waals surface area (Å²) in [5.41, 5.74) is 4.79. The van der Waals surface area contributed by atoms with Gasteiger partial charge in [0.1, 0.15) is 11.6 Å². The first-order chi connectivity index (χ1) is 28.1. The van der Waals surface area contributed by atoms with Gasteiger partial charge in [-0.15, -0.1) is 0 Å². The largest absolute Gasteiger partial charge is 0.299 e. The Balaban J connectivity index is 1.41. The van der Waals surface area contributed by atoms with Crippen LogP contribution in [0, 0.1) is 0 Å². The maximum absolute atomic E-state index is 12.6. The third-order valence-corrected chi connectivity index (χ3v) is 12.4. The van der Waals surface area contributed by atoms with Crippen molar-refractivity contribution in [3.63, 3.8) is 0 Å². The molecule has 2 nitrogen and oxygen atoms in total. The van der Waals surface area contributed by atoms with Crippen molar-refractivity contribution in [1.82, 2.24) is 0 Å². The van der Waals surface area contributed by atoms with E-state index >= 15 is 0 Å². The second-order valence-corrected chi connectivity index (χ2v) is 18.1. The Morgan fingerprint density at radius 2 is 0.474 bits per heavy atom. The molecule has 0 unspecified atom stereocenters. The molecule has 0 aliphatic heterocycles. The number of rotatable bonds is 42. The fourth-order valence-electron chi connectivity index (χ4n) is 8.51. The van der Waals surface area contributed by atoms with Gasteiger partial charge in [-0.25, -0.2) is 0 Å². The smallest absolute Gasteiger partial charge is 0.137 e. The van der Waals surface area contributed by atoms with E-state index in [1.54, 1.807) is 0 Å². The van der Waals surface area contributed by atoms with Crippen molar-refractivity contribution < 1.29 is 9.59 Å². The van der Waals surface area contributed by atoms with Crippen LogP contribution < -0.4 is 0 Å². The number of hydrogen-bond donors (Lipinski definition) is 0. The Kier molecular flexibility index (Phi) is 34.0. The monoisotopic (exact) mass is 785 g/mol. The first-order valence-electron chi connectivity index (χ1n) is 25.3. The van der Waals surface area contributed by atoms with Gasteiger partial charge in [0.25, 0.3) is 0 Å². The lowest BCUT2D eigenvalue weighted by atomic mass is 9.98. The molecular weight excluding hydrogens is 693 g/mol. The lowest BCUT2D eigenvalue weighted by Gasteiger charge is -2.07. The first-order valence-corrected chi connectivity index (χ1v) is 25.3. The SMILES string of the molecule is CCCCCCCCCCCCCCCCCCCC(=O)Cc1ccc(Cc2ccc(CC(=O)CCCCCCCCCCCCCCCCCCC)cc2)cc1. The molecule has 0 radical (unpaired) electrons. The Bertz CT molecular complexity index is 1080. The Morgan fingerprint density at radius 3 is 0.702 bits per heavy atom. The summed E-state index contributed by atoms with van der Waals surface area (Å²) in [6, 6.07) is 17.2. The molecule has 0 amide bonds. The van der Waals surface area contributed by atoms with Crippen molar-refractivity contribution in [1.29, 1.82) is 0 Å². The molecule has 0 N–H and O–H groups in total. The van der Waals surface area contributed by atoms with Crippen molar-refractivity contribution in [2.45, 2.75) is 264 Å². The van der Waals surface area contributed by atoms with Gasteiger partial charge in [0.2, 0.25) is 0 Å². The topological polar surface area (TPSA) is 34.1 Å². The van der Waals surface area contributed by atoms with Gasteiger partial charge < -0.3 is 0 Å². The number of Topliss-reactive ketones (excluding diaryl/α,β-unsaturated/α-hetero) is 2. The molecule has 57 heavy (non-hydrogen) atoms. The highest BCUT2D eigenvalue weighted by Gasteiger charge is 2.07. The zero-order valence-corrected chi connectivity index (χ0v) is 38.0. The van der Waals surface area contributed by atoms with Crippen LogP contribution in [0.1, 0.15) is 267 Å². The van der Waals surface area contributed by atoms with Gasteiger partial charge in [0.05, 0.1) is 0 Å². The molecule has 2 heteroatoms. The minimum absolute atomic E-state index is 0.374. The number of benzene rings is 2. The number of ketones is 2. The second-order valence-electron chi connectivity index (χ2n) is 18.1. The molecule has 0 aromatic heterocycles. The first kappa shape index (κ1) is 50.9. The minimum atomic E-state index is 0.374. The summed E-state index contributed by atoms with van der Waals surface area (Å²) >= 11 is 0. The predicted octanol–water partition coefficient (Wildman–Crippen LogP) is 17.6. The summed E-state index contributed by atoms with van der Waals surface area (Å²) in [7, 11) is 0. The zero-order chi connectivity index (χ0) is 40.7. The molecule has 0 aliphatic carbocycles. The molecule has 0 saturated heterocycles. The molecule has 324 valence electrons. The van der Waals surface area contributed by atoms with E-state index in [4.69, 9.17) is 0 Å². The third-order valence-electron chi connectivity index (χ3n) is 12.4. The van der Waals surface area contributed by atoms with E-state index in [-0.39, 0.29) is 0 Å². The predicted molar refractivity (Wildman–Crippen MR) is 251 cm³/mol. The molecular formula is C55H92O2. The molecule has 0 bridgehead atoms. The zero-order valence-electron chi connectivity index (χ0n) is 38.0. The van der Waals surface area contributed by atoms with Gasteiger partial charge in [-0.05, 0) is 41.5 Å². The standard InChI is InChI=1S/C55H92O2/c1-3-5-7-9-11-13-15-17-19-21-23-25-27-29-31-33-35-37-54(56)48-52-43-39-50(40-44-52)47-51-41-45-53(46-42-51)49-55(57)38-36-34-32-30-28-26-24-22-20-18-16-14-12-10-8-6-4-2/h39-46H,3-38,47-49H2,1-2H3. The van der Waals surface area contributed by atoms with E-state index in [2.05, 4.69) is 62.4 Å². The van der Waals surface area contributed by atoms with E-state index < -0.39 is 0 Å². The van der Waals surface area contributed by atoms with Crippen molar-refractivity contribution in [2.24, 2.45) is 0 Å². The van der Waals surface area contributed by atoms with Crippen LogP contribution in [0.2, 0.25) is 0 Å². The van der Waals surface area contributed by atoms with Crippen LogP contribution in [-0.2, 0) is 28.9 Å². The minimum Gasteiger partial charge on any atom is -0.299 e. The van der Waals surface area contributed by atoms with Gasteiger partial charge in [-0.1, -0.05) is 268 Å². The quantitative estimate of drug-likeness (QED) is 0.0628. The van der Waals surface area contributed by atoms with Crippen LogP contribution >= 0.6 is 0 Å². The molecule has 0 aliphatic rings. The van der Waals surface area contributed by atoms with Crippen molar-refractivity contribution in [3.8, 4) is 0 Å². The maximum Gasteiger partial charge on any atom is 0.137 e. The highest BCUT2D eigenvalue weighted by molar-refractivity contribution is 5.81. The van der Waals surface area contributed by atoms with Crippen molar-refractivity contribution in [3.05, 3.63) is 70.8 Å². The third kappa shape index (κ3) is 31.4. The van der Waals surface area contributed by atoms with E-state index in [0.29, 0.717) is 24.4 Å². The Hall–Kier alpha value is -2.22. The van der Waals surface area contributed by atoms with E-state index in [9.17, 15) is 9.59 Å². The maximum atomic E-state index is 12.6. The number of hydrogen-bond acceptors (Lipinski definition) is 2. The summed E-state index contributed by atoms with van der Waals surface area (Å²) in [6.45, 7) is 4.58. The van der Waals surface area contributed by atoms with Crippen LogP contribution in [0.15, 0.2) is 48.5 Å². The Morgan fingerprint density at radius 1 is 0.281 bits per heavy atom. The molecule has 2 aromatic carbocycles. The summed E-state index contributed by atoms with van der Waals surface area (Å²) in [4.78, 5) is 25.3. The Labute approximate surface area is 355 Å². The van der Waals surface area contributed by atoms with Crippen molar-refractivity contribution in [2.75, 3.05) is 0 Å². The molecule has 0 atom stereocenters. The number of unbranched alkanes of at least 4 members (excludes halogenated alkanes) is 32. The lowest BCUT2D eigenvalue weighted by Crippen LogP contribution is -2.03. The van der Waals surface area contributed by atoms with Crippen molar-refractivity contribution >= 4 is 11.6 Å². The van der Waals surface area contributed by atoms with Gasteiger partial charge in [-0.3, -0.25) is 9.59 Å². The van der Waals surface area contributed by atoms with E-state index in [0.717, 1.165) is 43.2 Å².